The summed E-state index contributed by atoms with van der Waals surface area (Å²) in [6, 6.07) is 7.64. The molecule has 0 bridgehead atoms. The molecule has 2 rings (SSSR count). The zero-order valence-corrected chi connectivity index (χ0v) is 9.70. The Morgan fingerprint density at radius 3 is 2.82 bits per heavy atom. The van der Waals surface area contributed by atoms with E-state index in [1.54, 1.807) is 0 Å². The predicted octanol–water partition coefficient (Wildman–Crippen LogP) is 1.04. The molecule has 0 aromatic heterocycles. The van der Waals surface area contributed by atoms with Crippen LogP contribution in [-0.2, 0) is 11.3 Å². The minimum absolute atomic E-state index is 0.0139. The summed E-state index contributed by atoms with van der Waals surface area (Å²) in [5.74, 6) is 2.65. The number of rotatable bonds is 3. The number of hydrogen-bond donors (Lipinski definition) is 2. The van der Waals surface area contributed by atoms with Gasteiger partial charge in [0.2, 0.25) is 5.91 Å². The van der Waals surface area contributed by atoms with Crippen molar-refractivity contribution in [1.82, 2.24) is 10.6 Å². The fraction of sp³-hybridized carbons (Fsp3) is 0.357. The van der Waals surface area contributed by atoms with Crippen LogP contribution < -0.4 is 10.6 Å². The van der Waals surface area contributed by atoms with E-state index in [0.717, 1.165) is 30.5 Å². The van der Waals surface area contributed by atoms with Crippen molar-refractivity contribution in [2.75, 3.05) is 6.54 Å². The number of benzene rings is 1. The van der Waals surface area contributed by atoms with Crippen molar-refractivity contribution >= 4 is 5.91 Å². The van der Waals surface area contributed by atoms with Gasteiger partial charge in [0.15, 0.2) is 0 Å². The van der Waals surface area contributed by atoms with Crippen molar-refractivity contribution in [2.45, 2.75) is 25.4 Å². The Kier molecular flexibility index (Phi) is 3.79. The Labute approximate surface area is 102 Å². The molecule has 1 aliphatic rings. The number of hydrogen-bond acceptors (Lipinski definition) is 2. The molecule has 17 heavy (non-hydrogen) atoms. The fourth-order valence-corrected chi connectivity index (χ4v) is 1.94. The quantitative estimate of drug-likeness (QED) is 0.759. The van der Waals surface area contributed by atoms with E-state index in [1.807, 2.05) is 24.3 Å². The molecule has 1 atom stereocenters. The minimum Gasteiger partial charge on any atom is -0.351 e. The summed E-state index contributed by atoms with van der Waals surface area (Å²) in [6.07, 6.45) is 7.29. The fourth-order valence-electron chi connectivity index (χ4n) is 1.94. The van der Waals surface area contributed by atoms with E-state index in [0.29, 0.717) is 6.54 Å². The maximum atomic E-state index is 11.7. The van der Waals surface area contributed by atoms with Gasteiger partial charge in [-0.05, 0) is 37.1 Å². The van der Waals surface area contributed by atoms with Crippen LogP contribution in [0, 0.1) is 12.3 Å². The van der Waals surface area contributed by atoms with E-state index >= 15 is 0 Å². The normalized spacial score (nSPS) is 18.6. The van der Waals surface area contributed by atoms with Crippen LogP contribution in [0.1, 0.15) is 24.0 Å². The lowest BCUT2D eigenvalue weighted by Crippen LogP contribution is -2.39. The van der Waals surface area contributed by atoms with E-state index in [9.17, 15) is 4.79 Å². The molecule has 0 spiro atoms. The van der Waals surface area contributed by atoms with Gasteiger partial charge in [-0.25, -0.2) is 0 Å². The van der Waals surface area contributed by atoms with Crippen molar-refractivity contribution in [3.05, 3.63) is 35.4 Å². The van der Waals surface area contributed by atoms with Gasteiger partial charge < -0.3 is 10.6 Å². The zero-order valence-electron chi connectivity index (χ0n) is 9.70. The first-order valence-corrected chi connectivity index (χ1v) is 5.86. The van der Waals surface area contributed by atoms with Crippen LogP contribution in [0.4, 0.5) is 0 Å². The first-order chi connectivity index (χ1) is 8.29. The van der Waals surface area contributed by atoms with Gasteiger partial charge in [-0.1, -0.05) is 18.1 Å². The van der Waals surface area contributed by atoms with Crippen molar-refractivity contribution in [3.63, 3.8) is 0 Å². The summed E-state index contributed by atoms with van der Waals surface area (Å²) in [6.45, 7) is 1.50. The number of nitrogens with one attached hydrogen (secondary N) is 2. The van der Waals surface area contributed by atoms with Crippen molar-refractivity contribution in [3.8, 4) is 12.3 Å². The highest BCUT2D eigenvalue weighted by molar-refractivity contribution is 5.81. The van der Waals surface area contributed by atoms with Gasteiger partial charge in [0, 0.05) is 12.1 Å². The highest BCUT2D eigenvalue weighted by Crippen LogP contribution is 2.06. The van der Waals surface area contributed by atoms with Gasteiger partial charge >= 0.3 is 0 Å². The molecule has 1 aromatic rings. The summed E-state index contributed by atoms with van der Waals surface area (Å²) in [4.78, 5) is 11.7. The van der Waals surface area contributed by atoms with Gasteiger partial charge in [-0.15, -0.1) is 6.42 Å². The van der Waals surface area contributed by atoms with Gasteiger partial charge in [0.05, 0.1) is 6.04 Å². The van der Waals surface area contributed by atoms with E-state index in [-0.39, 0.29) is 11.9 Å². The van der Waals surface area contributed by atoms with Crippen LogP contribution in [-0.4, -0.2) is 18.5 Å². The third kappa shape index (κ3) is 3.08. The monoisotopic (exact) mass is 228 g/mol. The maximum Gasteiger partial charge on any atom is 0.237 e. The molecule has 0 radical (unpaired) electrons. The molecule has 1 aliphatic heterocycles. The van der Waals surface area contributed by atoms with Crippen LogP contribution in [0.2, 0.25) is 0 Å². The van der Waals surface area contributed by atoms with Gasteiger partial charge in [-0.3, -0.25) is 4.79 Å². The Balaban J connectivity index is 1.84. The first kappa shape index (κ1) is 11.7. The highest BCUT2D eigenvalue weighted by Gasteiger charge is 2.21. The highest BCUT2D eigenvalue weighted by atomic mass is 16.2. The second-order valence-corrected chi connectivity index (χ2v) is 4.21. The molecule has 0 aliphatic carbocycles. The molecule has 88 valence electrons. The standard InChI is InChI=1S/C14H16N2O/c1-2-11-5-7-12(8-6-11)10-16-14(17)13-4-3-9-15-13/h1,5-8,13,15H,3-4,9-10H2,(H,16,17)/t13-/m0/s1. The minimum atomic E-state index is -0.0139. The Hall–Kier alpha value is -1.79. The van der Waals surface area contributed by atoms with E-state index in [1.165, 1.54) is 0 Å². The van der Waals surface area contributed by atoms with E-state index in [2.05, 4.69) is 16.6 Å². The van der Waals surface area contributed by atoms with Gasteiger partial charge in [-0.2, -0.15) is 0 Å². The Morgan fingerprint density at radius 1 is 1.47 bits per heavy atom. The molecule has 0 unspecified atom stereocenters. The first-order valence-electron chi connectivity index (χ1n) is 5.86. The lowest BCUT2D eigenvalue weighted by molar-refractivity contribution is -0.122. The number of carbonyl (C=O) groups is 1. The number of amides is 1. The summed E-state index contributed by atoms with van der Waals surface area (Å²) >= 11 is 0. The van der Waals surface area contributed by atoms with Crippen LogP contribution >= 0.6 is 0 Å². The lowest BCUT2D eigenvalue weighted by atomic mass is 10.1. The third-order valence-electron chi connectivity index (χ3n) is 2.96. The Bertz CT molecular complexity index is 425. The summed E-state index contributed by atoms with van der Waals surface area (Å²) in [5, 5.41) is 6.10. The second-order valence-electron chi connectivity index (χ2n) is 4.21. The predicted molar refractivity (Wildman–Crippen MR) is 67.2 cm³/mol. The smallest absolute Gasteiger partial charge is 0.237 e. The van der Waals surface area contributed by atoms with E-state index < -0.39 is 0 Å². The molecule has 2 N–H and O–H groups in total. The summed E-state index contributed by atoms with van der Waals surface area (Å²) in [5.41, 5.74) is 1.92. The SMILES string of the molecule is C#Cc1ccc(CNC(=O)[C@@H]2CCCN2)cc1. The summed E-state index contributed by atoms with van der Waals surface area (Å²) < 4.78 is 0. The van der Waals surface area contributed by atoms with Gasteiger partial charge in [0.1, 0.15) is 0 Å². The number of terminal acetylenes is 1. The molecule has 3 heteroatoms. The van der Waals surface area contributed by atoms with Crippen LogP contribution in [0.15, 0.2) is 24.3 Å². The average Bonchev–Trinajstić information content (AvgIpc) is 2.90. The molecule has 3 nitrogen and oxygen atoms in total. The third-order valence-corrected chi connectivity index (χ3v) is 2.96. The molecule has 1 heterocycles. The topological polar surface area (TPSA) is 41.1 Å². The van der Waals surface area contributed by atoms with Crippen molar-refractivity contribution < 1.29 is 4.79 Å². The Morgan fingerprint density at radius 2 is 2.24 bits per heavy atom. The van der Waals surface area contributed by atoms with Crippen molar-refractivity contribution in [1.29, 1.82) is 0 Å². The molecular formula is C14H16N2O. The van der Waals surface area contributed by atoms with Gasteiger partial charge in [0.25, 0.3) is 0 Å². The molecular weight excluding hydrogens is 212 g/mol. The average molecular weight is 228 g/mol. The molecule has 1 fully saturated rings. The lowest BCUT2D eigenvalue weighted by Gasteiger charge is -2.11. The van der Waals surface area contributed by atoms with E-state index in [4.69, 9.17) is 6.42 Å². The van der Waals surface area contributed by atoms with Crippen molar-refractivity contribution in [2.24, 2.45) is 0 Å². The van der Waals surface area contributed by atoms with Crippen LogP contribution in [0.3, 0.4) is 0 Å². The largest absolute Gasteiger partial charge is 0.351 e. The number of carbonyl (C=O) groups excluding carboxylic acids is 1. The molecule has 1 amide bonds. The molecule has 0 saturated carbocycles. The zero-order chi connectivity index (χ0) is 12.1. The second kappa shape index (κ2) is 5.51. The molecule has 1 saturated heterocycles. The van der Waals surface area contributed by atoms with Crippen LogP contribution in [0.5, 0.6) is 0 Å². The maximum absolute atomic E-state index is 11.7. The summed E-state index contributed by atoms with van der Waals surface area (Å²) in [7, 11) is 0. The van der Waals surface area contributed by atoms with Crippen LogP contribution in [0.25, 0.3) is 0 Å². The molecule has 1 aromatic carbocycles.